The molecule has 1 heterocycles. The Kier molecular flexibility index (Phi) is 7.59. The molecular weight excluding hydrogens is 465 g/mol. The van der Waals surface area contributed by atoms with E-state index in [2.05, 4.69) is 10.6 Å². The molecule has 2 aromatic rings. The van der Waals surface area contributed by atoms with Crippen molar-refractivity contribution in [3.8, 4) is 5.75 Å². The van der Waals surface area contributed by atoms with Crippen molar-refractivity contribution >= 4 is 23.3 Å². The fourth-order valence-electron chi connectivity index (χ4n) is 4.58. The van der Waals surface area contributed by atoms with Crippen LogP contribution < -0.4 is 20.3 Å². The third-order valence-corrected chi connectivity index (χ3v) is 7.01. The predicted octanol–water partition coefficient (Wildman–Crippen LogP) is 2.69. The quantitative estimate of drug-likeness (QED) is 0.460. The zero-order valence-electron chi connectivity index (χ0n) is 20.6. The Bertz CT molecular complexity index is 1120. The van der Waals surface area contributed by atoms with Gasteiger partial charge in [-0.15, -0.1) is 0 Å². The van der Waals surface area contributed by atoms with Gasteiger partial charge in [-0.2, -0.15) is 0 Å². The molecule has 4 rings (SSSR count). The van der Waals surface area contributed by atoms with Crippen molar-refractivity contribution in [2.24, 2.45) is 5.92 Å². The van der Waals surface area contributed by atoms with Gasteiger partial charge in [0.2, 0.25) is 5.91 Å². The Hall–Kier alpha value is -3.46. The van der Waals surface area contributed by atoms with Crippen molar-refractivity contribution in [1.29, 1.82) is 0 Å². The van der Waals surface area contributed by atoms with E-state index in [-0.39, 0.29) is 23.3 Å². The molecule has 0 spiro atoms. The van der Waals surface area contributed by atoms with Gasteiger partial charge in [0.15, 0.2) is 5.78 Å². The Labute approximate surface area is 209 Å². The predicted molar refractivity (Wildman–Crippen MR) is 133 cm³/mol. The van der Waals surface area contributed by atoms with Crippen LogP contribution in [-0.4, -0.2) is 61.1 Å². The van der Waals surface area contributed by atoms with Crippen molar-refractivity contribution in [1.82, 2.24) is 10.6 Å². The number of anilines is 1. The van der Waals surface area contributed by atoms with Crippen LogP contribution in [0, 0.1) is 11.7 Å². The number of halogens is 1. The summed E-state index contributed by atoms with van der Waals surface area (Å²) >= 11 is 0. The molecule has 0 bridgehead atoms. The van der Waals surface area contributed by atoms with Crippen LogP contribution in [0.1, 0.15) is 53.3 Å². The molecular formula is C27H32FN3O5. The molecule has 0 aromatic heterocycles. The number of nitrogens with zero attached hydrogens (tertiary/aromatic N) is 1. The van der Waals surface area contributed by atoms with Crippen LogP contribution in [0.3, 0.4) is 0 Å². The molecule has 1 aliphatic carbocycles. The summed E-state index contributed by atoms with van der Waals surface area (Å²) in [5.74, 6) is -0.872. The first kappa shape index (κ1) is 25.6. The average Bonchev–Trinajstić information content (AvgIpc) is 3.67. The highest BCUT2D eigenvalue weighted by molar-refractivity contribution is 6.04. The molecule has 1 saturated carbocycles. The molecule has 2 fully saturated rings. The topological polar surface area (TPSA) is 108 Å². The van der Waals surface area contributed by atoms with E-state index >= 15 is 0 Å². The van der Waals surface area contributed by atoms with Crippen LogP contribution in [-0.2, 0) is 4.79 Å². The molecule has 1 unspecified atom stereocenters. The first-order chi connectivity index (χ1) is 17.2. The largest absolute Gasteiger partial charge is 0.497 e. The fourth-order valence-corrected chi connectivity index (χ4v) is 4.58. The van der Waals surface area contributed by atoms with Crippen molar-refractivity contribution in [3.05, 3.63) is 59.4 Å². The van der Waals surface area contributed by atoms with E-state index in [0.29, 0.717) is 49.5 Å². The van der Waals surface area contributed by atoms with E-state index in [4.69, 9.17) is 4.74 Å². The van der Waals surface area contributed by atoms with Crippen molar-refractivity contribution in [2.75, 3.05) is 31.6 Å². The van der Waals surface area contributed by atoms with Gasteiger partial charge in [0, 0.05) is 25.2 Å². The van der Waals surface area contributed by atoms with Gasteiger partial charge in [-0.3, -0.25) is 14.4 Å². The smallest absolute Gasteiger partial charge is 0.252 e. The van der Waals surface area contributed by atoms with Crippen LogP contribution in [0.2, 0.25) is 0 Å². The minimum atomic E-state index is -1.28. The monoisotopic (exact) mass is 497 g/mol. The normalized spacial score (nSPS) is 17.7. The average molecular weight is 498 g/mol. The lowest BCUT2D eigenvalue weighted by Crippen LogP contribution is -2.50. The highest BCUT2D eigenvalue weighted by atomic mass is 19.1. The second-order valence-electron chi connectivity index (χ2n) is 9.58. The Balaban J connectivity index is 1.29. The number of ether oxygens (including phenoxy) is 1. The lowest BCUT2D eigenvalue weighted by molar-refractivity contribution is -0.124. The highest BCUT2D eigenvalue weighted by Crippen LogP contribution is 2.36. The summed E-state index contributed by atoms with van der Waals surface area (Å²) < 4.78 is 19.5. The first-order valence-electron chi connectivity index (χ1n) is 12.2. The molecule has 2 aliphatic rings. The first-order valence-corrected chi connectivity index (χ1v) is 12.2. The van der Waals surface area contributed by atoms with Gasteiger partial charge >= 0.3 is 0 Å². The van der Waals surface area contributed by atoms with E-state index in [0.717, 1.165) is 12.8 Å². The van der Waals surface area contributed by atoms with Gasteiger partial charge in [-0.25, -0.2) is 4.39 Å². The zero-order valence-corrected chi connectivity index (χ0v) is 20.6. The Morgan fingerprint density at radius 2 is 1.81 bits per heavy atom. The minimum absolute atomic E-state index is 0.0810. The van der Waals surface area contributed by atoms with Crippen LogP contribution in [0.4, 0.5) is 10.1 Å². The number of aliphatic hydroxyl groups is 1. The second kappa shape index (κ2) is 10.7. The van der Waals surface area contributed by atoms with Gasteiger partial charge in [-0.05, 0) is 74.9 Å². The molecule has 9 heteroatoms. The maximum absolute atomic E-state index is 14.4. The van der Waals surface area contributed by atoms with Crippen LogP contribution in [0.5, 0.6) is 5.75 Å². The van der Waals surface area contributed by atoms with E-state index < -0.39 is 23.2 Å². The van der Waals surface area contributed by atoms with E-state index in [1.807, 2.05) is 4.90 Å². The number of ketones is 1. The standard InChI is InChI=1S/C27H32FN3O5/c1-17(32)24(33)23-21(28)4-3-5-22(23)31-14-10-18(11-15-31)16-29-26(35)27(12-13-27)30-25(34)19-6-8-20(36-2)9-7-19/h3-9,17-18,32H,10-16H2,1-2H3,(H,29,35)(H,30,34). The lowest BCUT2D eigenvalue weighted by Gasteiger charge is -2.35. The molecule has 36 heavy (non-hydrogen) atoms. The molecule has 1 atom stereocenters. The molecule has 2 amide bonds. The number of carbonyl (C=O) groups is 3. The number of methoxy groups -OCH3 is 1. The third-order valence-electron chi connectivity index (χ3n) is 7.01. The molecule has 0 radical (unpaired) electrons. The van der Waals surface area contributed by atoms with Gasteiger partial charge in [0.1, 0.15) is 23.2 Å². The van der Waals surface area contributed by atoms with Gasteiger partial charge in [0.05, 0.1) is 18.4 Å². The summed E-state index contributed by atoms with van der Waals surface area (Å²) in [5, 5.41) is 15.6. The van der Waals surface area contributed by atoms with Gasteiger partial charge in [0.25, 0.3) is 5.91 Å². The summed E-state index contributed by atoms with van der Waals surface area (Å²) in [6.07, 6.45) is 1.42. The van der Waals surface area contributed by atoms with Gasteiger partial charge < -0.3 is 25.4 Å². The second-order valence-corrected chi connectivity index (χ2v) is 9.58. The molecule has 8 nitrogen and oxygen atoms in total. The number of piperidine rings is 1. The number of rotatable bonds is 9. The summed E-state index contributed by atoms with van der Waals surface area (Å²) in [6, 6.07) is 11.2. The number of carbonyl (C=O) groups excluding carboxylic acids is 3. The van der Waals surface area contributed by atoms with E-state index in [9.17, 15) is 23.9 Å². The summed E-state index contributed by atoms with van der Waals surface area (Å²) in [5.41, 5.74) is 0.00680. The highest BCUT2D eigenvalue weighted by Gasteiger charge is 2.51. The number of aliphatic hydroxyl groups excluding tert-OH is 1. The third kappa shape index (κ3) is 5.51. The SMILES string of the molecule is COc1ccc(C(=O)NC2(C(=O)NCC3CCN(c4cccc(F)c4C(=O)C(C)O)CC3)CC2)cc1. The Morgan fingerprint density at radius 3 is 2.39 bits per heavy atom. The van der Waals surface area contributed by atoms with Crippen molar-refractivity contribution < 1.29 is 28.6 Å². The maximum atomic E-state index is 14.4. The Morgan fingerprint density at radius 1 is 1.14 bits per heavy atom. The zero-order chi connectivity index (χ0) is 25.9. The summed E-state index contributed by atoms with van der Waals surface area (Å²) in [6.45, 7) is 3.02. The number of hydrogen-bond donors (Lipinski definition) is 3. The van der Waals surface area contributed by atoms with Gasteiger partial charge in [-0.1, -0.05) is 6.07 Å². The number of amides is 2. The van der Waals surface area contributed by atoms with Crippen LogP contribution >= 0.6 is 0 Å². The van der Waals surface area contributed by atoms with Crippen LogP contribution in [0.15, 0.2) is 42.5 Å². The number of benzene rings is 2. The molecule has 3 N–H and O–H groups in total. The van der Waals surface area contributed by atoms with Crippen molar-refractivity contribution in [3.63, 3.8) is 0 Å². The maximum Gasteiger partial charge on any atom is 0.252 e. The molecule has 2 aromatic carbocycles. The number of hydrogen-bond acceptors (Lipinski definition) is 6. The molecule has 1 saturated heterocycles. The van der Waals surface area contributed by atoms with Crippen molar-refractivity contribution in [2.45, 2.75) is 44.2 Å². The van der Waals surface area contributed by atoms with E-state index in [1.165, 1.54) is 13.0 Å². The van der Waals surface area contributed by atoms with E-state index in [1.54, 1.807) is 43.5 Å². The number of Topliss-reactive ketones (excluding diaryl/α,β-unsaturated/α-hetero) is 1. The molecule has 192 valence electrons. The van der Waals surface area contributed by atoms with Crippen LogP contribution in [0.25, 0.3) is 0 Å². The summed E-state index contributed by atoms with van der Waals surface area (Å²) in [4.78, 5) is 39.8. The minimum Gasteiger partial charge on any atom is -0.497 e. The fraction of sp³-hybridized carbons (Fsp3) is 0.444. The molecule has 1 aliphatic heterocycles. The lowest BCUT2D eigenvalue weighted by atomic mass is 9.94. The summed E-state index contributed by atoms with van der Waals surface area (Å²) in [7, 11) is 1.56. The number of nitrogens with one attached hydrogen (secondary N) is 2.